The third kappa shape index (κ3) is 3.14. The fourth-order valence-corrected chi connectivity index (χ4v) is 2.38. The highest BCUT2D eigenvalue weighted by atomic mass is 32.1. The molecule has 0 amide bonds. The highest BCUT2D eigenvalue weighted by Crippen LogP contribution is 2.24. The number of rotatable bonds is 5. The van der Waals surface area contributed by atoms with Crippen LogP contribution in [0.25, 0.3) is 11.1 Å². The van der Waals surface area contributed by atoms with Crippen molar-refractivity contribution in [3.05, 3.63) is 46.4 Å². The summed E-state index contributed by atoms with van der Waals surface area (Å²) in [6.45, 7) is 3.62. The molecule has 1 aromatic carbocycles. The Labute approximate surface area is 105 Å². The minimum atomic E-state index is -0.132. The van der Waals surface area contributed by atoms with Crippen molar-refractivity contribution in [2.75, 3.05) is 6.54 Å². The van der Waals surface area contributed by atoms with E-state index in [0.29, 0.717) is 6.54 Å². The van der Waals surface area contributed by atoms with Gasteiger partial charge >= 0.3 is 0 Å². The molecule has 90 valence electrons. The molecule has 2 rings (SSSR count). The van der Waals surface area contributed by atoms with E-state index < -0.39 is 0 Å². The zero-order valence-electron chi connectivity index (χ0n) is 9.87. The second-order valence-corrected chi connectivity index (χ2v) is 4.78. The lowest BCUT2D eigenvalue weighted by atomic mass is 10.1. The third-order valence-corrected chi connectivity index (χ3v) is 3.33. The maximum absolute atomic E-state index is 13.6. The van der Waals surface area contributed by atoms with Crippen molar-refractivity contribution >= 4 is 11.3 Å². The molecule has 0 bridgehead atoms. The molecule has 0 fully saturated rings. The van der Waals surface area contributed by atoms with E-state index in [9.17, 15) is 4.39 Å². The van der Waals surface area contributed by atoms with Gasteiger partial charge in [-0.05, 0) is 53.1 Å². The van der Waals surface area contributed by atoms with Crippen LogP contribution in [0.5, 0.6) is 0 Å². The van der Waals surface area contributed by atoms with Crippen molar-refractivity contribution in [3.63, 3.8) is 0 Å². The predicted molar refractivity (Wildman–Crippen MR) is 71.7 cm³/mol. The summed E-state index contributed by atoms with van der Waals surface area (Å²) in [5.41, 5.74) is 2.98. The molecule has 1 aromatic heterocycles. The van der Waals surface area contributed by atoms with Crippen molar-refractivity contribution in [1.82, 2.24) is 5.32 Å². The standard InChI is InChI=1S/C14H16FNS/c1-2-6-16-9-13-8-11(3-4-14(13)15)12-5-7-17-10-12/h3-5,7-8,10,16H,2,6,9H2,1H3. The smallest absolute Gasteiger partial charge is 0.127 e. The molecule has 2 aromatic rings. The number of hydrogen-bond donors (Lipinski definition) is 1. The molecule has 0 saturated carbocycles. The topological polar surface area (TPSA) is 12.0 Å². The van der Waals surface area contributed by atoms with Crippen molar-refractivity contribution in [2.45, 2.75) is 19.9 Å². The molecule has 0 spiro atoms. The van der Waals surface area contributed by atoms with Gasteiger partial charge in [-0.25, -0.2) is 4.39 Å². The van der Waals surface area contributed by atoms with Crippen molar-refractivity contribution < 1.29 is 4.39 Å². The lowest BCUT2D eigenvalue weighted by Gasteiger charge is -2.07. The first-order valence-corrected chi connectivity index (χ1v) is 6.77. The van der Waals surface area contributed by atoms with Crippen LogP contribution in [-0.2, 0) is 6.54 Å². The summed E-state index contributed by atoms with van der Waals surface area (Å²) in [6.07, 6.45) is 1.06. The summed E-state index contributed by atoms with van der Waals surface area (Å²) < 4.78 is 13.6. The molecular formula is C14H16FNS. The molecule has 17 heavy (non-hydrogen) atoms. The molecule has 0 radical (unpaired) electrons. The van der Waals surface area contributed by atoms with Crippen molar-refractivity contribution in [2.24, 2.45) is 0 Å². The largest absolute Gasteiger partial charge is 0.313 e. The quantitative estimate of drug-likeness (QED) is 0.788. The van der Waals surface area contributed by atoms with Gasteiger partial charge in [0.25, 0.3) is 0 Å². The first kappa shape index (κ1) is 12.3. The minimum absolute atomic E-state index is 0.132. The molecule has 0 atom stereocenters. The molecule has 1 heterocycles. The average molecular weight is 249 g/mol. The zero-order chi connectivity index (χ0) is 12.1. The summed E-state index contributed by atoms with van der Waals surface area (Å²) in [7, 11) is 0. The van der Waals surface area contributed by atoms with Crippen LogP contribution < -0.4 is 5.32 Å². The summed E-state index contributed by atoms with van der Waals surface area (Å²) >= 11 is 1.66. The van der Waals surface area contributed by atoms with Gasteiger partial charge in [-0.2, -0.15) is 11.3 Å². The van der Waals surface area contributed by atoms with E-state index in [2.05, 4.69) is 23.7 Å². The fourth-order valence-electron chi connectivity index (χ4n) is 1.72. The average Bonchev–Trinajstić information content (AvgIpc) is 2.85. The van der Waals surface area contributed by atoms with E-state index in [1.54, 1.807) is 17.4 Å². The second kappa shape index (κ2) is 5.94. The Kier molecular flexibility index (Phi) is 4.29. The van der Waals surface area contributed by atoms with Crippen LogP contribution in [0.3, 0.4) is 0 Å². The van der Waals surface area contributed by atoms with Gasteiger partial charge in [-0.1, -0.05) is 13.0 Å². The van der Waals surface area contributed by atoms with Gasteiger partial charge in [-0.15, -0.1) is 0 Å². The van der Waals surface area contributed by atoms with E-state index >= 15 is 0 Å². The molecule has 0 aliphatic rings. The molecule has 1 N–H and O–H groups in total. The Morgan fingerprint density at radius 1 is 1.24 bits per heavy atom. The number of benzene rings is 1. The van der Waals surface area contributed by atoms with Gasteiger partial charge in [0.15, 0.2) is 0 Å². The Balaban J connectivity index is 2.18. The molecule has 3 heteroatoms. The summed E-state index contributed by atoms with van der Waals surface area (Å²) in [5.74, 6) is -0.132. The maximum Gasteiger partial charge on any atom is 0.127 e. The Morgan fingerprint density at radius 2 is 2.12 bits per heavy atom. The SMILES string of the molecule is CCCNCc1cc(-c2ccsc2)ccc1F. The highest BCUT2D eigenvalue weighted by Gasteiger charge is 2.05. The summed E-state index contributed by atoms with van der Waals surface area (Å²) in [5, 5.41) is 7.34. The Hall–Kier alpha value is -1.19. The van der Waals surface area contributed by atoms with Crippen molar-refractivity contribution in [3.8, 4) is 11.1 Å². The number of nitrogens with one attached hydrogen (secondary N) is 1. The predicted octanol–water partition coefficient (Wildman–Crippen LogP) is 4.05. The maximum atomic E-state index is 13.6. The molecule has 1 nitrogen and oxygen atoms in total. The van der Waals surface area contributed by atoms with E-state index in [4.69, 9.17) is 0 Å². The first-order chi connectivity index (χ1) is 8.31. The lowest BCUT2D eigenvalue weighted by Crippen LogP contribution is -2.14. The van der Waals surface area contributed by atoms with Gasteiger partial charge in [0.2, 0.25) is 0 Å². The summed E-state index contributed by atoms with van der Waals surface area (Å²) in [4.78, 5) is 0. The number of halogens is 1. The van der Waals surface area contributed by atoms with E-state index in [-0.39, 0.29) is 5.82 Å². The molecule has 0 unspecified atom stereocenters. The van der Waals surface area contributed by atoms with Gasteiger partial charge in [0.05, 0.1) is 0 Å². The van der Waals surface area contributed by atoms with E-state index in [0.717, 1.165) is 29.7 Å². The molecule has 0 aliphatic carbocycles. The molecular weight excluding hydrogens is 233 g/mol. The normalized spacial score (nSPS) is 10.7. The van der Waals surface area contributed by atoms with Gasteiger partial charge in [0, 0.05) is 12.1 Å². The van der Waals surface area contributed by atoms with Crippen molar-refractivity contribution in [1.29, 1.82) is 0 Å². The van der Waals surface area contributed by atoms with Crippen LogP contribution in [-0.4, -0.2) is 6.54 Å². The summed E-state index contributed by atoms with van der Waals surface area (Å²) in [6, 6.07) is 7.37. The van der Waals surface area contributed by atoms with Crippen LogP contribution in [0.2, 0.25) is 0 Å². The number of hydrogen-bond acceptors (Lipinski definition) is 2. The van der Waals surface area contributed by atoms with Crippen LogP contribution in [0.4, 0.5) is 4.39 Å². The minimum Gasteiger partial charge on any atom is -0.313 e. The Bertz CT molecular complexity index is 465. The van der Waals surface area contributed by atoms with E-state index in [1.807, 2.05) is 17.5 Å². The third-order valence-electron chi connectivity index (χ3n) is 2.64. The van der Waals surface area contributed by atoms with Crippen LogP contribution in [0.1, 0.15) is 18.9 Å². The van der Waals surface area contributed by atoms with Gasteiger partial charge in [0.1, 0.15) is 5.82 Å². The van der Waals surface area contributed by atoms with E-state index in [1.165, 1.54) is 0 Å². The molecule has 0 aliphatic heterocycles. The van der Waals surface area contributed by atoms with Crippen LogP contribution >= 0.6 is 11.3 Å². The number of thiophene rings is 1. The second-order valence-electron chi connectivity index (χ2n) is 3.99. The highest BCUT2D eigenvalue weighted by molar-refractivity contribution is 7.08. The fraction of sp³-hybridized carbons (Fsp3) is 0.286. The van der Waals surface area contributed by atoms with Gasteiger partial charge < -0.3 is 5.32 Å². The van der Waals surface area contributed by atoms with Crippen LogP contribution in [0.15, 0.2) is 35.0 Å². The van der Waals surface area contributed by atoms with Crippen LogP contribution in [0, 0.1) is 5.82 Å². The van der Waals surface area contributed by atoms with Gasteiger partial charge in [-0.3, -0.25) is 0 Å². The lowest BCUT2D eigenvalue weighted by molar-refractivity contribution is 0.587. The first-order valence-electron chi connectivity index (χ1n) is 5.83. The monoisotopic (exact) mass is 249 g/mol. The zero-order valence-corrected chi connectivity index (χ0v) is 10.7. The molecule has 0 saturated heterocycles. The Morgan fingerprint density at radius 3 is 2.82 bits per heavy atom.